The van der Waals surface area contributed by atoms with E-state index in [4.69, 9.17) is 13.9 Å². The Balaban J connectivity index is 1.61. The molecule has 1 amide bonds. The molecule has 35 heavy (non-hydrogen) atoms. The van der Waals surface area contributed by atoms with E-state index in [0.29, 0.717) is 46.4 Å². The van der Waals surface area contributed by atoms with Gasteiger partial charge in [-0.1, -0.05) is 31.5 Å². The number of ether oxygens (including phenoxy) is 2. The summed E-state index contributed by atoms with van der Waals surface area (Å²) in [6, 6.07) is 15.8. The summed E-state index contributed by atoms with van der Waals surface area (Å²) in [6.45, 7) is 2.98. The maximum absolute atomic E-state index is 13.5. The van der Waals surface area contributed by atoms with Gasteiger partial charge in [0.15, 0.2) is 11.5 Å². The van der Waals surface area contributed by atoms with Crippen LogP contribution in [0.5, 0.6) is 17.2 Å². The molecule has 1 atom stereocenters. The van der Waals surface area contributed by atoms with Crippen molar-refractivity contribution < 1.29 is 23.8 Å². The number of para-hydroxylation sites is 1. The van der Waals surface area contributed by atoms with Crippen molar-refractivity contribution in [2.24, 2.45) is 0 Å². The number of fused-ring (bicyclic) bond motifs is 1. The Hall–Kier alpha value is -4.20. The van der Waals surface area contributed by atoms with Gasteiger partial charge in [0.25, 0.3) is 5.91 Å². The average molecular weight is 474 g/mol. The van der Waals surface area contributed by atoms with Gasteiger partial charge in [0.2, 0.25) is 0 Å². The van der Waals surface area contributed by atoms with Gasteiger partial charge >= 0.3 is 0 Å². The van der Waals surface area contributed by atoms with E-state index in [1.165, 1.54) is 0 Å². The zero-order valence-corrected chi connectivity index (χ0v) is 19.7. The first kappa shape index (κ1) is 22.6. The van der Waals surface area contributed by atoms with Crippen LogP contribution in [0.25, 0.3) is 11.3 Å². The number of H-pyrrole nitrogens is 1. The number of amides is 1. The molecule has 4 aromatic rings. The summed E-state index contributed by atoms with van der Waals surface area (Å²) in [4.78, 5) is 15.3. The quantitative estimate of drug-likeness (QED) is 0.320. The van der Waals surface area contributed by atoms with E-state index < -0.39 is 6.04 Å². The predicted octanol–water partition coefficient (Wildman–Crippen LogP) is 5.31. The zero-order chi connectivity index (χ0) is 24.4. The summed E-state index contributed by atoms with van der Waals surface area (Å²) in [6.07, 6.45) is 3.57. The van der Waals surface area contributed by atoms with Gasteiger partial charge in [0.05, 0.1) is 32.6 Å². The largest absolute Gasteiger partial charge is 0.507 e. The fourth-order valence-corrected chi connectivity index (χ4v) is 4.46. The maximum Gasteiger partial charge on any atom is 0.273 e. The van der Waals surface area contributed by atoms with Crippen LogP contribution in [0.15, 0.2) is 65.3 Å². The lowest BCUT2D eigenvalue weighted by Gasteiger charge is -2.26. The molecule has 0 spiro atoms. The fraction of sp³-hybridized carbons (Fsp3) is 0.259. The Labute approximate surface area is 203 Å². The number of phenols is 1. The Morgan fingerprint density at radius 2 is 2.00 bits per heavy atom. The molecule has 0 saturated carbocycles. The van der Waals surface area contributed by atoms with Crippen molar-refractivity contribution in [1.82, 2.24) is 15.1 Å². The number of aromatic hydroxyl groups is 1. The van der Waals surface area contributed by atoms with Gasteiger partial charge in [-0.3, -0.25) is 9.89 Å². The van der Waals surface area contributed by atoms with Gasteiger partial charge < -0.3 is 23.9 Å². The molecule has 5 rings (SSSR count). The van der Waals surface area contributed by atoms with Crippen molar-refractivity contribution in [2.45, 2.75) is 32.4 Å². The third kappa shape index (κ3) is 4.12. The number of rotatable bonds is 9. The number of hydrogen-bond donors (Lipinski definition) is 2. The first-order chi connectivity index (χ1) is 17.1. The molecule has 180 valence electrons. The van der Waals surface area contributed by atoms with Gasteiger partial charge in [-0.25, -0.2) is 0 Å². The van der Waals surface area contributed by atoms with Gasteiger partial charge in [0.1, 0.15) is 22.9 Å². The molecule has 1 aliphatic heterocycles. The van der Waals surface area contributed by atoms with Gasteiger partial charge in [0, 0.05) is 11.1 Å². The number of nitrogens with zero attached hydrogens (tertiary/aromatic N) is 2. The minimum absolute atomic E-state index is 0.0923. The van der Waals surface area contributed by atoms with Crippen LogP contribution < -0.4 is 9.47 Å². The number of phenolic OH excluding ortho intramolecular Hbond substituents is 1. The highest BCUT2D eigenvalue weighted by Gasteiger charge is 2.43. The highest BCUT2D eigenvalue weighted by atomic mass is 16.5. The molecule has 1 aliphatic rings. The van der Waals surface area contributed by atoms with Crippen molar-refractivity contribution in [3.8, 4) is 28.5 Å². The van der Waals surface area contributed by atoms with Gasteiger partial charge in [-0.2, -0.15) is 5.10 Å². The lowest BCUT2D eigenvalue weighted by molar-refractivity contribution is 0.0716. The molecule has 0 unspecified atom stereocenters. The second kappa shape index (κ2) is 9.58. The van der Waals surface area contributed by atoms with Crippen molar-refractivity contribution in [3.63, 3.8) is 0 Å². The van der Waals surface area contributed by atoms with Crippen molar-refractivity contribution in [1.29, 1.82) is 0 Å². The predicted molar refractivity (Wildman–Crippen MR) is 130 cm³/mol. The van der Waals surface area contributed by atoms with E-state index in [2.05, 4.69) is 17.1 Å². The minimum atomic E-state index is -0.477. The van der Waals surface area contributed by atoms with Gasteiger partial charge in [-0.15, -0.1) is 0 Å². The SMILES string of the molecule is CCCCOc1ccc([C@H]2c3c(-c4ccccc4O)n[nH]c3C(=O)N2Cc2ccco2)cc1OC. The van der Waals surface area contributed by atoms with E-state index in [9.17, 15) is 9.90 Å². The van der Waals surface area contributed by atoms with Crippen molar-refractivity contribution >= 4 is 5.91 Å². The maximum atomic E-state index is 13.5. The Morgan fingerprint density at radius 1 is 1.14 bits per heavy atom. The fourth-order valence-electron chi connectivity index (χ4n) is 4.46. The van der Waals surface area contributed by atoms with Crippen molar-refractivity contribution in [2.75, 3.05) is 13.7 Å². The van der Waals surface area contributed by atoms with E-state index in [1.807, 2.05) is 30.3 Å². The molecule has 2 N–H and O–H groups in total. The van der Waals surface area contributed by atoms with E-state index in [1.54, 1.807) is 42.5 Å². The Morgan fingerprint density at radius 3 is 2.74 bits per heavy atom. The second-order valence-corrected chi connectivity index (χ2v) is 8.41. The minimum Gasteiger partial charge on any atom is -0.507 e. The summed E-state index contributed by atoms with van der Waals surface area (Å²) < 4.78 is 17.1. The molecule has 0 fully saturated rings. The summed E-state index contributed by atoms with van der Waals surface area (Å²) in [5, 5.41) is 17.9. The Kier molecular flexibility index (Phi) is 6.18. The van der Waals surface area contributed by atoms with Crippen LogP contribution >= 0.6 is 0 Å². The van der Waals surface area contributed by atoms with Crippen LogP contribution in [0.3, 0.4) is 0 Å². The monoisotopic (exact) mass is 473 g/mol. The molecular weight excluding hydrogens is 446 g/mol. The van der Waals surface area contributed by atoms with Crippen LogP contribution in [-0.2, 0) is 6.54 Å². The number of furan rings is 1. The third-order valence-electron chi connectivity index (χ3n) is 6.19. The highest BCUT2D eigenvalue weighted by Crippen LogP contribution is 2.46. The number of unbranched alkanes of at least 4 members (excludes halogenated alkanes) is 1. The number of methoxy groups -OCH3 is 1. The Bertz CT molecular complexity index is 1330. The molecule has 8 heteroatoms. The lowest BCUT2D eigenvalue weighted by atomic mass is 9.95. The number of benzene rings is 2. The van der Waals surface area contributed by atoms with E-state index in [0.717, 1.165) is 18.4 Å². The van der Waals surface area contributed by atoms with Gasteiger partial charge in [-0.05, 0) is 48.4 Å². The molecule has 8 nitrogen and oxygen atoms in total. The summed E-state index contributed by atoms with van der Waals surface area (Å²) in [7, 11) is 1.60. The number of carbonyl (C=O) groups is 1. The molecule has 0 aliphatic carbocycles. The summed E-state index contributed by atoms with van der Waals surface area (Å²) in [5.41, 5.74) is 3.00. The van der Waals surface area contributed by atoms with Crippen LogP contribution in [0, 0.1) is 0 Å². The smallest absolute Gasteiger partial charge is 0.273 e. The number of aromatic amines is 1. The summed E-state index contributed by atoms with van der Waals surface area (Å²) in [5.74, 6) is 1.80. The average Bonchev–Trinajstić information content (AvgIpc) is 3.59. The van der Waals surface area contributed by atoms with Crippen LogP contribution in [0.2, 0.25) is 0 Å². The standard InChI is InChI=1S/C27H27N3O5/c1-3-4-13-35-21-12-11-17(15-22(21)33-2)26-23-24(19-9-5-6-10-20(19)31)28-29-25(23)27(32)30(26)16-18-8-7-14-34-18/h5-12,14-15,26,31H,3-4,13,16H2,1-2H3,(H,28,29)/t26-/m0/s1. The van der Waals surface area contributed by atoms with E-state index >= 15 is 0 Å². The lowest BCUT2D eigenvalue weighted by Crippen LogP contribution is -2.29. The zero-order valence-electron chi connectivity index (χ0n) is 19.7. The third-order valence-corrected chi connectivity index (χ3v) is 6.19. The first-order valence-electron chi connectivity index (χ1n) is 11.6. The normalized spacial score (nSPS) is 14.9. The molecule has 2 aromatic heterocycles. The van der Waals surface area contributed by atoms with Crippen molar-refractivity contribution in [3.05, 3.63) is 83.4 Å². The topological polar surface area (TPSA) is 101 Å². The molecular formula is C27H27N3O5. The molecule has 0 bridgehead atoms. The highest BCUT2D eigenvalue weighted by molar-refractivity contribution is 6.00. The van der Waals surface area contributed by atoms with Crippen LogP contribution in [0.1, 0.15) is 53.2 Å². The molecule has 3 heterocycles. The van der Waals surface area contributed by atoms with Crippen LogP contribution in [-0.4, -0.2) is 39.8 Å². The number of aromatic nitrogens is 2. The van der Waals surface area contributed by atoms with Crippen LogP contribution in [0.4, 0.5) is 0 Å². The molecule has 0 radical (unpaired) electrons. The first-order valence-corrected chi connectivity index (χ1v) is 11.6. The number of carbonyl (C=O) groups excluding carboxylic acids is 1. The summed E-state index contributed by atoms with van der Waals surface area (Å²) >= 11 is 0. The number of hydrogen-bond acceptors (Lipinski definition) is 6. The second-order valence-electron chi connectivity index (χ2n) is 8.41. The number of nitrogens with one attached hydrogen (secondary N) is 1. The molecule has 0 saturated heterocycles. The molecule has 2 aromatic carbocycles. The van der Waals surface area contributed by atoms with E-state index in [-0.39, 0.29) is 18.2 Å².